The molecule has 1 heterocycles. The maximum atomic E-state index is 14.6. The third-order valence-corrected chi connectivity index (χ3v) is 7.47. The van der Waals surface area contributed by atoms with Crippen LogP contribution < -0.4 is 5.32 Å². The summed E-state index contributed by atoms with van der Waals surface area (Å²) in [5, 5.41) is 8.85. The summed E-state index contributed by atoms with van der Waals surface area (Å²) in [6.07, 6.45) is 0. The SMILES string of the molecule is CN1C(=N)N[C@](C)(c2cc(F)c(F)cc2F)[C@@H](c2ccc(C(C)(F)F)cc2)S1(=O)=O. The van der Waals surface area contributed by atoms with Crippen LogP contribution in [0.3, 0.4) is 0 Å². The lowest BCUT2D eigenvalue weighted by molar-refractivity contribution is 0.0174. The summed E-state index contributed by atoms with van der Waals surface area (Å²) >= 11 is 0. The van der Waals surface area contributed by atoms with E-state index in [0.717, 1.165) is 31.3 Å². The summed E-state index contributed by atoms with van der Waals surface area (Å²) in [6.45, 7) is 1.89. The number of benzene rings is 2. The molecule has 30 heavy (non-hydrogen) atoms. The van der Waals surface area contributed by atoms with E-state index in [1.165, 1.54) is 6.92 Å². The van der Waals surface area contributed by atoms with Gasteiger partial charge in [-0.05, 0) is 18.6 Å². The number of hydrogen-bond donors (Lipinski definition) is 2. The molecular formula is C19H18F5N3O2S. The van der Waals surface area contributed by atoms with Crippen molar-refractivity contribution in [1.82, 2.24) is 9.62 Å². The van der Waals surface area contributed by atoms with Crippen molar-refractivity contribution in [3.05, 3.63) is 70.5 Å². The summed E-state index contributed by atoms with van der Waals surface area (Å²) in [5.74, 6) is -7.88. The number of halogens is 5. The van der Waals surface area contributed by atoms with E-state index in [1.807, 2.05) is 0 Å². The van der Waals surface area contributed by atoms with E-state index in [1.54, 1.807) is 0 Å². The van der Waals surface area contributed by atoms with Crippen LogP contribution in [0.2, 0.25) is 0 Å². The second-order valence-electron chi connectivity index (χ2n) is 7.32. The minimum Gasteiger partial charge on any atom is -0.345 e. The standard InChI is InChI=1S/C19H18F5N3O2S/c1-18(12-8-14(21)15(22)9-13(12)20)16(30(28,29)27(3)17(25)26-18)10-4-6-11(7-5-10)19(2,23)24/h4-9,16H,1-3H3,(H2,25,26)/t16-,18-/m1/s1. The zero-order valence-corrected chi connectivity index (χ0v) is 16.9. The molecule has 1 fully saturated rings. The van der Waals surface area contributed by atoms with Crippen molar-refractivity contribution in [3.63, 3.8) is 0 Å². The largest absolute Gasteiger partial charge is 0.345 e. The number of alkyl halides is 2. The van der Waals surface area contributed by atoms with Crippen LogP contribution >= 0.6 is 0 Å². The second-order valence-corrected chi connectivity index (χ2v) is 9.37. The van der Waals surface area contributed by atoms with Gasteiger partial charge < -0.3 is 5.32 Å². The van der Waals surface area contributed by atoms with E-state index in [0.29, 0.717) is 17.3 Å². The Balaban J connectivity index is 2.27. The van der Waals surface area contributed by atoms with Gasteiger partial charge in [-0.2, -0.15) is 0 Å². The molecule has 0 saturated carbocycles. The molecule has 2 aromatic carbocycles. The molecule has 0 aromatic heterocycles. The summed E-state index contributed by atoms with van der Waals surface area (Å²) in [5.41, 5.74) is -2.84. The van der Waals surface area contributed by atoms with Gasteiger partial charge in [-0.25, -0.2) is 34.7 Å². The van der Waals surface area contributed by atoms with Gasteiger partial charge in [0.25, 0.3) is 5.92 Å². The van der Waals surface area contributed by atoms with Crippen molar-refractivity contribution in [2.45, 2.75) is 30.6 Å². The van der Waals surface area contributed by atoms with Crippen molar-refractivity contribution in [2.24, 2.45) is 0 Å². The predicted octanol–water partition coefficient (Wildman–Crippen LogP) is 3.97. The molecule has 0 aliphatic carbocycles. The fourth-order valence-corrected chi connectivity index (χ4v) is 5.46. The normalized spacial score (nSPS) is 23.9. The minimum absolute atomic E-state index is 0.00137. The molecule has 2 N–H and O–H groups in total. The molecule has 3 rings (SSSR count). The van der Waals surface area contributed by atoms with E-state index in [4.69, 9.17) is 5.41 Å². The summed E-state index contributed by atoms with van der Waals surface area (Å²) < 4.78 is 96.0. The monoisotopic (exact) mass is 447 g/mol. The first-order valence-electron chi connectivity index (χ1n) is 8.67. The van der Waals surface area contributed by atoms with Gasteiger partial charge in [-0.1, -0.05) is 24.3 Å². The van der Waals surface area contributed by atoms with Gasteiger partial charge in [0.2, 0.25) is 16.0 Å². The Labute approximate surface area is 170 Å². The summed E-state index contributed by atoms with van der Waals surface area (Å²) in [7, 11) is -3.28. The van der Waals surface area contributed by atoms with Gasteiger partial charge in [-0.15, -0.1) is 0 Å². The lowest BCUT2D eigenvalue weighted by Gasteiger charge is -2.46. The summed E-state index contributed by atoms with van der Waals surface area (Å²) in [6, 6.07) is 5.17. The van der Waals surface area contributed by atoms with E-state index in [-0.39, 0.29) is 17.2 Å². The molecule has 1 saturated heterocycles. The van der Waals surface area contributed by atoms with Gasteiger partial charge in [0.05, 0.1) is 5.54 Å². The van der Waals surface area contributed by atoms with E-state index >= 15 is 0 Å². The fraction of sp³-hybridized carbons (Fsp3) is 0.316. The Morgan fingerprint density at radius 3 is 2.13 bits per heavy atom. The zero-order valence-electron chi connectivity index (χ0n) is 16.1. The van der Waals surface area contributed by atoms with E-state index in [9.17, 15) is 30.4 Å². The van der Waals surface area contributed by atoms with Crippen LogP contribution in [0, 0.1) is 22.9 Å². The number of sulfonamides is 1. The van der Waals surface area contributed by atoms with Crippen LogP contribution in [-0.4, -0.2) is 25.7 Å². The fourth-order valence-electron chi connectivity index (χ4n) is 3.56. The molecule has 0 spiro atoms. The van der Waals surface area contributed by atoms with Crippen molar-refractivity contribution in [3.8, 4) is 0 Å². The third-order valence-electron chi connectivity index (χ3n) is 5.19. The van der Waals surface area contributed by atoms with Crippen LogP contribution in [0.4, 0.5) is 22.0 Å². The first-order valence-corrected chi connectivity index (χ1v) is 10.2. The Bertz CT molecular complexity index is 1120. The quantitative estimate of drug-likeness (QED) is 0.553. The highest BCUT2D eigenvalue weighted by atomic mass is 32.2. The molecular weight excluding hydrogens is 429 g/mol. The van der Waals surface area contributed by atoms with Gasteiger partial charge in [0.15, 0.2) is 11.6 Å². The minimum atomic E-state index is -4.37. The lowest BCUT2D eigenvalue weighted by Crippen LogP contribution is -2.62. The number of hydrogen-bond acceptors (Lipinski definition) is 3. The van der Waals surface area contributed by atoms with Gasteiger partial charge in [-0.3, -0.25) is 5.41 Å². The molecule has 0 amide bonds. The predicted molar refractivity (Wildman–Crippen MR) is 100.0 cm³/mol. The Morgan fingerprint density at radius 2 is 1.60 bits per heavy atom. The molecule has 0 bridgehead atoms. The molecule has 1 aliphatic rings. The Hall–Kier alpha value is -2.69. The van der Waals surface area contributed by atoms with Gasteiger partial charge in [0.1, 0.15) is 11.1 Å². The Morgan fingerprint density at radius 1 is 1.07 bits per heavy atom. The van der Waals surface area contributed by atoms with Crippen LogP contribution in [0.15, 0.2) is 36.4 Å². The number of nitrogens with one attached hydrogen (secondary N) is 2. The highest BCUT2D eigenvalue weighted by Crippen LogP contribution is 2.46. The van der Waals surface area contributed by atoms with Crippen LogP contribution in [0.5, 0.6) is 0 Å². The number of rotatable bonds is 3. The summed E-state index contributed by atoms with van der Waals surface area (Å²) in [4.78, 5) is 0. The van der Waals surface area contributed by atoms with Crippen molar-refractivity contribution >= 4 is 16.0 Å². The maximum absolute atomic E-state index is 14.6. The highest BCUT2D eigenvalue weighted by Gasteiger charge is 2.53. The smallest absolute Gasteiger partial charge is 0.270 e. The van der Waals surface area contributed by atoms with Crippen molar-refractivity contribution in [1.29, 1.82) is 5.41 Å². The molecule has 2 aromatic rings. The van der Waals surface area contributed by atoms with Crippen LogP contribution in [0.25, 0.3) is 0 Å². The molecule has 0 unspecified atom stereocenters. The van der Waals surface area contributed by atoms with E-state index in [2.05, 4.69) is 5.32 Å². The first-order chi connectivity index (χ1) is 13.7. The Kier molecular flexibility index (Phi) is 5.08. The molecule has 2 atom stereocenters. The second kappa shape index (κ2) is 6.93. The highest BCUT2D eigenvalue weighted by molar-refractivity contribution is 7.90. The first kappa shape index (κ1) is 22.0. The number of guanidine groups is 1. The van der Waals surface area contributed by atoms with Gasteiger partial charge >= 0.3 is 0 Å². The van der Waals surface area contributed by atoms with Crippen molar-refractivity contribution < 1.29 is 30.4 Å². The molecule has 5 nitrogen and oxygen atoms in total. The van der Waals surface area contributed by atoms with Crippen LogP contribution in [-0.2, 0) is 21.5 Å². The molecule has 0 radical (unpaired) electrons. The van der Waals surface area contributed by atoms with Crippen molar-refractivity contribution in [2.75, 3.05) is 7.05 Å². The molecule has 11 heteroatoms. The third kappa shape index (κ3) is 3.40. The van der Waals surface area contributed by atoms with Gasteiger partial charge in [0, 0.05) is 31.2 Å². The van der Waals surface area contributed by atoms with Crippen LogP contribution in [0.1, 0.15) is 35.8 Å². The molecule has 162 valence electrons. The van der Waals surface area contributed by atoms with E-state index < -0.39 is 55.7 Å². The molecule has 1 aliphatic heterocycles. The average molecular weight is 447 g/mol. The maximum Gasteiger partial charge on any atom is 0.270 e. The topological polar surface area (TPSA) is 73.3 Å². The average Bonchev–Trinajstić information content (AvgIpc) is 2.62. The lowest BCUT2D eigenvalue weighted by atomic mass is 9.84. The number of nitrogens with zero attached hydrogens (tertiary/aromatic N) is 1. The zero-order chi connectivity index (χ0) is 22.6.